The molecule has 0 saturated carbocycles. The van der Waals surface area contributed by atoms with Crippen LogP contribution in [0.25, 0.3) is 11.1 Å². The molecule has 0 radical (unpaired) electrons. The fraction of sp³-hybridized carbons (Fsp3) is 0.250. The number of carboxylic acids is 1. The normalized spacial score (nSPS) is 13.0. The molecule has 1 aliphatic rings. The first-order chi connectivity index (χ1) is 15.8. The molecule has 2 aromatic carbocycles. The molecule has 3 N–H and O–H groups in total. The number of aryl methyl sites for hydroxylation is 1. The summed E-state index contributed by atoms with van der Waals surface area (Å²) in [6, 6.07) is 15.5. The summed E-state index contributed by atoms with van der Waals surface area (Å²) in [5.41, 5.74) is 4.60. The van der Waals surface area contributed by atoms with Crippen LogP contribution >= 0.6 is 0 Å². The highest BCUT2D eigenvalue weighted by atomic mass is 16.5. The zero-order valence-corrected chi connectivity index (χ0v) is 18.2. The molecule has 0 unspecified atom stereocenters. The third-order valence-electron chi connectivity index (χ3n) is 5.48. The van der Waals surface area contributed by atoms with Crippen molar-refractivity contribution in [1.29, 1.82) is 0 Å². The lowest BCUT2D eigenvalue weighted by Crippen LogP contribution is -2.35. The lowest BCUT2D eigenvalue weighted by molar-refractivity contribution is -0.137. The van der Waals surface area contributed by atoms with E-state index in [2.05, 4.69) is 27.9 Å². The van der Waals surface area contributed by atoms with Crippen molar-refractivity contribution < 1.29 is 24.2 Å². The van der Waals surface area contributed by atoms with Gasteiger partial charge in [0.15, 0.2) is 5.69 Å². The van der Waals surface area contributed by atoms with Gasteiger partial charge in [0.25, 0.3) is 5.91 Å². The van der Waals surface area contributed by atoms with Crippen LogP contribution in [0.1, 0.15) is 40.9 Å². The Hall–Kier alpha value is -4.14. The molecule has 0 aliphatic heterocycles. The average Bonchev–Trinajstić information content (AvgIpc) is 3.29. The van der Waals surface area contributed by atoms with Crippen LogP contribution in [0, 0.1) is 0 Å². The van der Waals surface area contributed by atoms with Gasteiger partial charge in [-0.05, 0) is 29.2 Å². The van der Waals surface area contributed by atoms with Gasteiger partial charge in [0.2, 0.25) is 0 Å². The first-order valence-corrected chi connectivity index (χ1v) is 10.5. The van der Waals surface area contributed by atoms with Crippen LogP contribution < -0.4 is 10.6 Å². The minimum Gasteiger partial charge on any atom is -0.481 e. The second-order valence-corrected chi connectivity index (χ2v) is 7.99. The van der Waals surface area contributed by atoms with Crippen LogP contribution in [-0.2, 0) is 16.6 Å². The molecule has 0 spiro atoms. The monoisotopic (exact) mass is 448 g/mol. The van der Waals surface area contributed by atoms with Crippen LogP contribution in [-0.4, -0.2) is 45.5 Å². The first-order valence-electron chi connectivity index (χ1n) is 10.5. The predicted molar refractivity (Wildman–Crippen MR) is 121 cm³/mol. The summed E-state index contributed by atoms with van der Waals surface area (Å²) in [6.07, 6.45) is 0.545. The molecule has 170 valence electrons. The van der Waals surface area contributed by atoms with Gasteiger partial charge in [0.1, 0.15) is 6.61 Å². The summed E-state index contributed by atoms with van der Waals surface area (Å²) in [6.45, 7) is 1.71. The van der Waals surface area contributed by atoms with Gasteiger partial charge in [-0.1, -0.05) is 48.5 Å². The smallest absolute Gasteiger partial charge is 0.411 e. The van der Waals surface area contributed by atoms with Crippen molar-refractivity contribution in [2.75, 3.05) is 11.9 Å². The Balaban J connectivity index is 1.43. The topological polar surface area (TPSA) is 123 Å². The van der Waals surface area contributed by atoms with Crippen molar-refractivity contribution in [3.8, 4) is 11.1 Å². The van der Waals surface area contributed by atoms with Crippen LogP contribution in [0.2, 0.25) is 0 Å². The zero-order chi connectivity index (χ0) is 23.5. The zero-order valence-electron chi connectivity index (χ0n) is 18.2. The van der Waals surface area contributed by atoms with E-state index in [1.807, 2.05) is 36.4 Å². The third kappa shape index (κ3) is 4.72. The van der Waals surface area contributed by atoms with E-state index >= 15 is 0 Å². The SMILES string of the molecule is C[C@@H](CC(=O)O)NC(=O)c1nn(C)cc1NC(=O)OCC1c2ccccc2-c2ccccc21. The van der Waals surface area contributed by atoms with E-state index in [1.54, 1.807) is 14.0 Å². The van der Waals surface area contributed by atoms with Gasteiger partial charge in [0, 0.05) is 25.2 Å². The lowest BCUT2D eigenvalue weighted by Gasteiger charge is -2.15. The maximum Gasteiger partial charge on any atom is 0.411 e. The molecule has 1 heterocycles. The summed E-state index contributed by atoms with van der Waals surface area (Å²) in [5, 5.41) is 18.1. The number of benzene rings is 2. The van der Waals surface area contributed by atoms with Gasteiger partial charge < -0.3 is 15.2 Å². The molecule has 9 nitrogen and oxygen atoms in total. The fourth-order valence-electron chi connectivity index (χ4n) is 4.10. The van der Waals surface area contributed by atoms with Crippen molar-refractivity contribution in [2.24, 2.45) is 7.05 Å². The van der Waals surface area contributed by atoms with Gasteiger partial charge >= 0.3 is 12.1 Å². The summed E-state index contributed by atoms with van der Waals surface area (Å²) in [4.78, 5) is 35.9. The van der Waals surface area contributed by atoms with E-state index in [1.165, 1.54) is 10.9 Å². The number of nitrogens with one attached hydrogen (secondary N) is 2. The molecule has 1 aromatic heterocycles. The number of carboxylic acid groups (broad SMARTS) is 1. The van der Waals surface area contributed by atoms with E-state index in [0.29, 0.717) is 0 Å². The summed E-state index contributed by atoms with van der Waals surface area (Å²) in [5.74, 6) is -1.70. The number of hydrogen-bond acceptors (Lipinski definition) is 5. The highest BCUT2D eigenvalue weighted by Crippen LogP contribution is 2.44. The summed E-state index contributed by atoms with van der Waals surface area (Å²) >= 11 is 0. The van der Waals surface area contributed by atoms with E-state index in [4.69, 9.17) is 9.84 Å². The number of hydrogen-bond donors (Lipinski definition) is 3. The van der Waals surface area contributed by atoms with Crippen molar-refractivity contribution >= 4 is 23.7 Å². The second kappa shape index (κ2) is 9.15. The molecule has 0 fully saturated rings. The van der Waals surface area contributed by atoms with Crippen LogP contribution in [0.15, 0.2) is 54.7 Å². The highest BCUT2D eigenvalue weighted by molar-refractivity contribution is 6.01. The van der Waals surface area contributed by atoms with Gasteiger partial charge in [-0.25, -0.2) is 4.79 Å². The molecule has 33 heavy (non-hydrogen) atoms. The third-order valence-corrected chi connectivity index (χ3v) is 5.48. The molecule has 3 aromatic rings. The van der Waals surface area contributed by atoms with Crippen molar-refractivity contribution in [3.63, 3.8) is 0 Å². The number of ether oxygens (including phenoxy) is 1. The fourth-order valence-corrected chi connectivity index (χ4v) is 4.10. The molecule has 1 atom stereocenters. The number of aromatic nitrogens is 2. The standard InChI is InChI=1S/C24H24N4O5/c1-14(11-21(29)30)25-23(31)22-20(12-28(2)27-22)26-24(32)33-13-19-17-9-5-3-7-15(17)16-8-4-6-10-18(16)19/h3-10,12,14,19H,11,13H2,1-2H3,(H,25,31)(H,26,32)(H,29,30)/t14-/m0/s1. The Morgan fingerprint density at radius 1 is 1.09 bits per heavy atom. The van der Waals surface area contributed by atoms with Crippen molar-refractivity contribution in [1.82, 2.24) is 15.1 Å². The van der Waals surface area contributed by atoms with Crippen LogP contribution in [0.3, 0.4) is 0 Å². The number of rotatable bonds is 7. The van der Waals surface area contributed by atoms with E-state index in [0.717, 1.165) is 22.3 Å². The number of aliphatic carboxylic acids is 1. The Morgan fingerprint density at radius 2 is 1.70 bits per heavy atom. The van der Waals surface area contributed by atoms with Gasteiger partial charge in [0.05, 0.1) is 12.1 Å². The minimum atomic E-state index is -1.03. The molecular formula is C24H24N4O5. The number of fused-ring (bicyclic) bond motifs is 3. The van der Waals surface area contributed by atoms with Gasteiger partial charge in [-0.15, -0.1) is 0 Å². The van der Waals surface area contributed by atoms with Crippen LogP contribution in [0.4, 0.5) is 10.5 Å². The molecule has 1 aliphatic carbocycles. The van der Waals surface area contributed by atoms with Gasteiger partial charge in [-0.3, -0.25) is 19.6 Å². The Morgan fingerprint density at radius 3 is 2.30 bits per heavy atom. The molecule has 9 heteroatoms. The first kappa shape index (κ1) is 22.1. The molecular weight excluding hydrogens is 424 g/mol. The number of carbonyl (C=O) groups is 3. The van der Waals surface area contributed by atoms with Crippen molar-refractivity contribution in [2.45, 2.75) is 25.3 Å². The Kier molecular flexibility index (Phi) is 6.12. The van der Waals surface area contributed by atoms with E-state index in [-0.39, 0.29) is 30.3 Å². The highest BCUT2D eigenvalue weighted by Gasteiger charge is 2.29. The Labute approximate surface area is 190 Å². The average molecular weight is 448 g/mol. The van der Waals surface area contributed by atoms with Crippen LogP contribution in [0.5, 0.6) is 0 Å². The number of anilines is 1. The number of carbonyl (C=O) groups excluding carboxylic acids is 2. The Bertz CT molecular complexity index is 1170. The number of amides is 2. The molecule has 4 rings (SSSR count). The maximum atomic E-state index is 12.6. The lowest BCUT2D eigenvalue weighted by atomic mass is 9.98. The number of nitrogens with zero attached hydrogens (tertiary/aromatic N) is 2. The molecule has 2 amide bonds. The van der Waals surface area contributed by atoms with Gasteiger partial charge in [-0.2, -0.15) is 5.10 Å². The maximum absolute atomic E-state index is 12.6. The largest absolute Gasteiger partial charge is 0.481 e. The minimum absolute atomic E-state index is 0.0248. The second-order valence-electron chi connectivity index (χ2n) is 7.99. The predicted octanol–water partition coefficient (Wildman–Crippen LogP) is 3.37. The summed E-state index contributed by atoms with van der Waals surface area (Å²) < 4.78 is 6.91. The van der Waals surface area contributed by atoms with Crippen molar-refractivity contribution in [3.05, 3.63) is 71.5 Å². The molecule has 0 bridgehead atoms. The quantitative estimate of drug-likeness (QED) is 0.509. The van der Waals surface area contributed by atoms with E-state index < -0.39 is 24.0 Å². The summed E-state index contributed by atoms with van der Waals surface area (Å²) in [7, 11) is 1.61. The molecule has 0 saturated heterocycles. The van der Waals surface area contributed by atoms with E-state index in [9.17, 15) is 14.4 Å².